The number of aliphatic hydroxyl groups excluding tert-OH is 1. The lowest BCUT2D eigenvalue weighted by molar-refractivity contribution is 0.209. The number of aromatic nitrogens is 2. The number of hydrogen-bond donors (Lipinski definition) is 1. The van der Waals surface area contributed by atoms with Crippen molar-refractivity contribution in [2.75, 3.05) is 7.11 Å². The molecular formula is C16H22N2O2. The summed E-state index contributed by atoms with van der Waals surface area (Å²) in [4.78, 5) is 0. The normalized spacial score (nSPS) is 12.5. The maximum Gasteiger partial charge on any atom is 0.122 e. The lowest BCUT2D eigenvalue weighted by Gasteiger charge is -2.16. The van der Waals surface area contributed by atoms with Crippen LogP contribution in [0.2, 0.25) is 0 Å². The minimum Gasteiger partial charge on any atom is -0.496 e. The molecule has 2 aromatic rings. The molecule has 1 unspecified atom stereocenters. The number of nitrogens with zero attached hydrogens (tertiary/aromatic N) is 2. The van der Waals surface area contributed by atoms with Crippen molar-refractivity contribution >= 4 is 0 Å². The Morgan fingerprint density at radius 3 is 2.50 bits per heavy atom. The van der Waals surface area contributed by atoms with Gasteiger partial charge in [-0.1, -0.05) is 6.92 Å². The molecule has 1 aromatic heterocycles. The van der Waals surface area contributed by atoms with Gasteiger partial charge in [-0.25, -0.2) is 0 Å². The minimum atomic E-state index is -0.669. The van der Waals surface area contributed by atoms with E-state index in [0.29, 0.717) is 0 Å². The lowest BCUT2D eigenvalue weighted by atomic mass is 9.98. The van der Waals surface area contributed by atoms with Crippen molar-refractivity contribution in [2.24, 2.45) is 7.05 Å². The average Bonchev–Trinajstić information content (AvgIpc) is 2.81. The zero-order chi connectivity index (χ0) is 14.9. The Balaban J connectivity index is 2.44. The number of hydrogen-bond acceptors (Lipinski definition) is 3. The number of benzene rings is 1. The first-order chi connectivity index (χ1) is 9.47. The minimum absolute atomic E-state index is 0.669. The summed E-state index contributed by atoms with van der Waals surface area (Å²) in [6.45, 7) is 6.02. The van der Waals surface area contributed by atoms with E-state index >= 15 is 0 Å². The molecule has 0 saturated carbocycles. The third-order valence-corrected chi connectivity index (χ3v) is 3.69. The van der Waals surface area contributed by atoms with Crippen LogP contribution in [0, 0.1) is 13.8 Å². The van der Waals surface area contributed by atoms with Crippen molar-refractivity contribution < 1.29 is 9.84 Å². The molecule has 4 heteroatoms. The smallest absolute Gasteiger partial charge is 0.122 e. The van der Waals surface area contributed by atoms with E-state index in [2.05, 4.69) is 12.0 Å². The highest BCUT2D eigenvalue weighted by atomic mass is 16.5. The molecule has 1 heterocycles. The molecule has 0 aliphatic rings. The molecule has 2 rings (SSSR count). The summed E-state index contributed by atoms with van der Waals surface area (Å²) >= 11 is 0. The second-order valence-electron chi connectivity index (χ2n) is 5.12. The maximum absolute atomic E-state index is 10.6. The Bertz CT molecular complexity index is 617. The van der Waals surface area contributed by atoms with E-state index in [-0.39, 0.29) is 0 Å². The molecule has 0 saturated heterocycles. The number of ether oxygens (including phenoxy) is 1. The van der Waals surface area contributed by atoms with Gasteiger partial charge in [0.1, 0.15) is 11.9 Å². The Labute approximate surface area is 120 Å². The predicted molar refractivity (Wildman–Crippen MR) is 79.1 cm³/mol. The van der Waals surface area contributed by atoms with Crippen LogP contribution in [0.5, 0.6) is 5.75 Å². The van der Waals surface area contributed by atoms with Crippen LogP contribution in [0.4, 0.5) is 0 Å². The van der Waals surface area contributed by atoms with Crippen molar-refractivity contribution in [3.63, 3.8) is 0 Å². The summed E-state index contributed by atoms with van der Waals surface area (Å²) in [6, 6.07) is 5.91. The van der Waals surface area contributed by atoms with Crippen LogP contribution in [0.1, 0.15) is 41.1 Å². The van der Waals surface area contributed by atoms with Gasteiger partial charge in [0, 0.05) is 7.05 Å². The first kappa shape index (κ1) is 14.6. The Morgan fingerprint density at radius 1 is 1.25 bits per heavy atom. The van der Waals surface area contributed by atoms with E-state index in [9.17, 15) is 5.11 Å². The van der Waals surface area contributed by atoms with Crippen molar-refractivity contribution in [1.29, 1.82) is 0 Å². The van der Waals surface area contributed by atoms with Crippen molar-refractivity contribution in [3.8, 4) is 5.75 Å². The first-order valence-electron chi connectivity index (χ1n) is 6.84. The summed E-state index contributed by atoms with van der Waals surface area (Å²) in [5.74, 6) is 0.845. The number of aliphatic hydroxyl groups is 1. The van der Waals surface area contributed by atoms with Crippen LogP contribution in [0.25, 0.3) is 0 Å². The highest BCUT2D eigenvalue weighted by molar-refractivity contribution is 5.44. The van der Waals surface area contributed by atoms with Gasteiger partial charge >= 0.3 is 0 Å². The van der Waals surface area contributed by atoms with Gasteiger partial charge in [-0.15, -0.1) is 0 Å². The monoisotopic (exact) mass is 274 g/mol. The fraction of sp³-hybridized carbons (Fsp3) is 0.438. The lowest BCUT2D eigenvalue weighted by Crippen LogP contribution is -2.08. The zero-order valence-corrected chi connectivity index (χ0v) is 12.8. The molecule has 0 spiro atoms. The van der Waals surface area contributed by atoms with Gasteiger partial charge < -0.3 is 9.84 Å². The van der Waals surface area contributed by atoms with Crippen LogP contribution in [-0.2, 0) is 13.5 Å². The number of methoxy groups -OCH3 is 1. The maximum atomic E-state index is 10.6. The Morgan fingerprint density at radius 2 is 1.95 bits per heavy atom. The summed E-state index contributed by atoms with van der Waals surface area (Å²) in [5, 5.41) is 15.0. The second-order valence-corrected chi connectivity index (χ2v) is 5.12. The summed E-state index contributed by atoms with van der Waals surface area (Å²) in [5.41, 5.74) is 4.73. The van der Waals surface area contributed by atoms with Gasteiger partial charge in [-0.2, -0.15) is 5.10 Å². The molecule has 0 aliphatic heterocycles. The van der Waals surface area contributed by atoms with Gasteiger partial charge in [0.15, 0.2) is 0 Å². The van der Waals surface area contributed by atoms with Crippen LogP contribution >= 0.6 is 0 Å². The molecule has 0 amide bonds. The van der Waals surface area contributed by atoms with E-state index in [1.54, 1.807) is 11.8 Å². The van der Waals surface area contributed by atoms with Gasteiger partial charge in [0.25, 0.3) is 0 Å². The molecule has 4 nitrogen and oxygen atoms in total. The largest absolute Gasteiger partial charge is 0.496 e. The van der Waals surface area contributed by atoms with Crippen molar-refractivity contribution in [3.05, 3.63) is 46.3 Å². The van der Waals surface area contributed by atoms with Gasteiger partial charge in [-0.05, 0) is 55.2 Å². The standard InChI is InChI=1S/C16H22N2O2/c1-6-12-9-14(18(4)17-12)16(19)13-7-11(3)15(20-5)8-10(13)2/h7-9,16,19H,6H2,1-5H3. The zero-order valence-electron chi connectivity index (χ0n) is 12.8. The van der Waals surface area contributed by atoms with E-state index in [1.165, 1.54) is 0 Å². The molecule has 0 aliphatic carbocycles. The van der Waals surface area contributed by atoms with Crippen molar-refractivity contribution in [2.45, 2.75) is 33.3 Å². The highest BCUT2D eigenvalue weighted by Crippen LogP contribution is 2.30. The first-order valence-corrected chi connectivity index (χ1v) is 6.84. The fourth-order valence-corrected chi connectivity index (χ4v) is 2.46. The molecular weight excluding hydrogens is 252 g/mol. The van der Waals surface area contributed by atoms with Gasteiger partial charge in [0.05, 0.1) is 18.5 Å². The molecule has 1 N–H and O–H groups in total. The van der Waals surface area contributed by atoms with Crippen LogP contribution in [0.3, 0.4) is 0 Å². The Hall–Kier alpha value is -1.81. The summed E-state index contributed by atoms with van der Waals surface area (Å²) in [6.07, 6.45) is 0.193. The Kier molecular flexibility index (Phi) is 4.14. The predicted octanol–water partition coefficient (Wildman–Crippen LogP) is 2.69. The molecule has 0 fully saturated rings. The number of aryl methyl sites for hydroxylation is 4. The summed E-state index contributed by atoms with van der Waals surface area (Å²) in [7, 11) is 3.52. The number of rotatable bonds is 4. The van der Waals surface area contributed by atoms with Crippen LogP contribution in [-0.4, -0.2) is 22.0 Å². The molecule has 1 aromatic carbocycles. The molecule has 0 radical (unpaired) electrons. The van der Waals surface area contributed by atoms with Crippen LogP contribution in [0.15, 0.2) is 18.2 Å². The topological polar surface area (TPSA) is 47.3 Å². The third kappa shape index (κ3) is 2.56. The molecule has 1 atom stereocenters. The van der Waals surface area contributed by atoms with Gasteiger partial charge in [0.2, 0.25) is 0 Å². The van der Waals surface area contributed by atoms with Gasteiger partial charge in [-0.3, -0.25) is 4.68 Å². The highest BCUT2D eigenvalue weighted by Gasteiger charge is 2.19. The van der Waals surface area contributed by atoms with Crippen LogP contribution < -0.4 is 4.74 Å². The molecule has 20 heavy (non-hydrogen) atoms. The average molecular weight is 274 g/mol. The van der Waals surface area contributed by atoms with E-state index in [1.807, 2.05) is 39.1 Å². The van der Waals surface area contributed by atoms with E-state index in [0.717, 1.165) is 40.2 Å². The SMILES string of the molecule is CCc1cc(C(O)c2cc(C)c(OC)cc2C)n(C)n1. The fourth-order valence-electron chi connectivity index (χ4n) is 2.46. The summed E-state index contributed by atoms with van der Waals surface area (Å²) < 4.78 is 7.06. The van der Waals surface area contributed by atoms with E-state index < -0.39 is 6.10 Å². The quantitative estimate of drug-likeness (QED) is 0.932. The second kappa shape index (κ2) is 5.67. The van der Waals surface area contributed by atoms with E-state index in [4.69, 9.17) is 4.74 Å². The third-order valence-electron chi connectivity index (χ3n) is 3.69. The molecule has 108 valence electrons. The van der Waals surface area contributed by atoms with Crippen molar-refractivity contribution in [1.82, 2.24) is 9.78 Å². The molecule has 0 bridgehead atoms.